The van der Waals surface area contributed by atoms with Crippen molar-refractivity contribution in [3.05, 3.63) is 35.9 Å². The van der Waals surface area contributed by atoms with Crippen LogP contribution in [0.4, 0.5) is 0 Å². The molecule has 0 bridgehead atoms. The molecular formula is C18H25N3. The van der Waals surface area contributed by atoms with Gasteiger partial charge in [0.25, 0.3) is 0 Å². The van der Waals surface area contributed by atoms with Gasteiger partial charge in [0.1, 0.15) is 0 Å². The van der Waals surface area contributed by atoms with Gasteiger partial charge in [-0.25, -0.2) is 0 Å². The quantitative estimate of drug-likeness (QED) is 0.872. The fraction of sp³-hybridized carbons (Fsp3) is 0.611. The van der Waals surface area contributed by atoms with E-state index in [1.807, 2.05) is 0 Å². The lowest BCUT2D eigenvalue weighted by atomic mass is 9.96. The number of hydrogen-bond donors (Lipinski definition) is 1. The van der Waals surface area contributed by atoms with Crippen molar-refractivity contribution in [3.63, 3.8) is 0 Å². The van der Waals surface area contributed by atoms with Crippen LogP contribution in [0.25, 0.3) is 0 Å². The van der Waals surface area contributed by atoms with Crippen LogP contribution in [0.3, 0.4) is 0 Å². The fourth-order valence-corrected chi connectivity index (χ4v) is 3.50. The molecule has 0 amide bonds. The van der Waals surface area contributed by atoms with E-state index >= 15 is 0 Å². The average molecular weight is 283 g/mol. The molecule has 1 aromatic rings. The second-order valence-electron chi connectivity index (χ2n) is 6.43. The third-order valence-electron chi connectivity index (χ3n) is 4.75. The third-order valence-corrected chi connectivity index (χ3v) is 4.75. The zero-order valence-corrected chi connectivity index (χ0v) is 12.7. The normalized spacial score (nSPS) is 23.7. The topological polar surface area (TPSA) is 39.1 Å². The molecule has 2 aliphatic rings. The van der Waals surface area contributed by atoms with Crippen LogP contribution in [0, 0.1) is 17.2 Å². The number of piperidine rings is 1. The lowest BCUT2D eigenvalue weighted by molar-refractivity contribution is 0.146. The molecular weight excluding hydrogens is 258 g/mol. The van der Waals surface area contributed by atoms with Crippen LogP contribution < -0.4 is 5.32 Å². The zero-order valence-electron chi connectivity index (χ0n) is 12.7. The van der Waals surface area contributed by atoms with Crippen molar-refractivity contribution < 1.29 is 0 Å². The average Bonchev–Trinajstić information content (AvgIpc) is 3.37. The second-order valence-corrected chi connectivity index (χ2v) is 6.43. The maximum absolute atomic E-state index is 9.27. The molecule has 1 saturated heterocycles. The zero-order chi connectivity index (χ0) is 14.5. The highest BCUT2D eigenvalue weighted by Crippen LogP contribution is 2.37. The predicted molar refractivity (Wildman–Crippen MR) is 84.7 cm³/mol. The van der Waals surface area contributed by atoms with Gasteiger partial charge in [0.15, 0.2) is 0 Å². The van der Waals surface area contributed by atoms with Gasteiger partial charge in [0.05, 0.1) is 12.5 Å². The predicted octanol–water partition coefficient (Wildman–Crippen LogP) is 3.11. The van der Waals surface area contributed by atoms with Gasteiger partial charge in [0.2, 0.25) is 0 Å². The van der Waals surface area contributed by atoms with Crippen molar-refractivity contribution in [2.24, 2.45) is 5.92 Å². The molecule has 0 aromatic heterocycles. The van der Waals surface area contributed by atoms with E-state index in [9.17, 15) is 5.26 Å². The van der Waals surface area contributed by atoms with Crippen LogP contribution in [0.1, 0.15) is 43.7 Å². The molecule has 112 valence electrons. The first-order chi connectivity index (χ1) is 10.4. The lowest BCUT2D eigenvalue weighted by Crippen LogP contribution is -2.41. The smallest absolute Gasteiger partial charge is 0.0641 e. The molecule has 1 saturated carbocycles. The highest BCUT2D eigenvalue weighted by Gasteiger charge is 2.35. The Morgan fingerprint density at radius 2 is 2.05 bits per heavy atom. The molecule has 0 spiro atoms. The number of rotatable bonds is 6. The largest absolute Gasteiger partial charge is 0.316 e. The molecule has 21 heavy (non-hydrogen) atoms. The maximum Gasteiger partial charge on any atom is 0.0641 e. The highest BCUT2D eigenvalue weighted by molar-refractivity contribution is 5.21. The maximum atomic E-state index is 9.27. The molecule has 2 atom stereocenters. The Morgan fingerprint density at radius 1 is 1.24 bits per heavy atom. The molecule has 3 heteroatoms. The number of hydrogen-bond acceptors (Lipinski definition) is 3. The molecule has 1 aromatic carbocycles. The Labute approximate surface area is 128 Å². The first kappa shape index (κ1) is 14.6. The molecule has 3 nitrogen and oxygen atoms in total. The standard InChI is InChI=1S/C18H25N3/c19-11-10-18(16-6-2-1-3-7-16)21(17-8-9-17)14-15-5-4-12-20-13-15/h1-3,6-7,15,17-18,20H,4-5,8-10,12-14H2. The van der Waals surface area contributed by atoms with Crippen molar-refractivity contribution in [2.75, 3.05) is 19.6 Å². The first-order valence-electron chi connectivity index (χ1n) is 8.27. The Morgan fingerprint density at radius 3 is 2.67 bits per heavy atom. The summed E-state index contributed by atoms with van der Waals surface area (Å²) >= 11 is 0. The van der Waals surface area contributed by atoms with Gasteiger partial charge >= 0.3 is 0 Å². The van der Waals surface area contributed by atoms with Crippen LogP contribution in [0.2, 0.25) is 0 Å². The number of nitrogens with one attached hydrogen (secondary N) is 1. The molecule has 1 N–H and O–H groups in total. The second kappa shape index (κ2) is 7.06. The fourth-order valence-electron chi connectivity index (χ4n) is 3.50. The Hall–Kier alpha value is -1.37. The van der Waals surface area contributed by atoms with Crippen LogP contribution in [-0.2, 0) is 0 Å². The molecule has 0 radical (unpaired) electrons. The van der Waals surface area contributed by atoms with Crippen molar-refractivity contribution in [3.8, 4) is 6.07 Å². The lowest BCUT2D eigenvalue weighted by Gasteiger charge is -2.35. The Balaban J connectivity index is 1.74. The van der Waals surface area contributed by atoms with Crippen molar-refractivity contribution in [2.45, 2.75) is 44.2 Å². The molecule has 2 unspecified atom stereocenters. The summed E-state index contributed by atoms with van der Waals surface area (Å²) in [6.07, 6.45) is 5.81. The summed E-state index contributed by atoms with van der Waals surface area (Å²) in [5.41, 5.74) is 1.30. The van der Waals surface area contributed by atoms with Crippen LogP contribution in [-0.4, -0.2) is 30.6 Å². The van der Waals surface area contributed by atoms with Crippen LogP contribution >= 0.6 is 0 Å². The van der Waals surface area contributed by atoms with E-state index in [0.717, 1.165) is 19.0 Å². The summed E-state index contributed by atoms with van der Waals surface area (Å²) in [5.74, 6) is 0.740. The van der Waals surface area contributed by atoms with Crippen LogP contribution in [0.15, 0.2) is 30.3 Å². The highest BCUT2D eigenvalue weighted by atomic mass is 15.2. The van der Waals surface area contributed by atoms with E-state index in [0.29, 0.717) is 12.5 Å². The first-order valence-corrected chi connectivity index (χ1v) is 8.27. The summed E-state index contributed by atoms with van der Waals surface area (Å²) in [7, 11) is 0. The molecule has 1 heterocycles. The van der Waals surface area contributed by atoms with Gasteiger partial charge in [-0.15, -0.1) is 0 Å². The molecule has 1 aliphatic heterocycles. The van der Waals surface area contributed by atoms with E-state index in [2.05, 4.69) is 46.6 Å². The van der Waals surface area contributed by atoms with Gasteiger partial charge in [-0.2, -0.15) is 5.26 Å². The Kier molecular flexibility index (Phi) is 4.90. The minimum Gasteiger partial charge on any atom is -0.316 e. The van der Waals surface area contributed by atoms with E-state index in [4.69, 9.17) is 0 Å². The SMILES string of the molecule is N#CCC(c1ccccc1)N(CC1CCCNC1)C1CC1. The number of benzene rings is 1. The van der Waals surface area contributed by atoms with Gasteiger partial charge in [-0.05, 0) is 50.3 Å². The third kappa shape index (κ3) is 3.84. The van der Waals surface area contributed by atoms with Gasteiger partial charge in [0, 0.05) is 18.6 Å². The van der Waals surface area contributed by atoms with Gasteiger partial charge in [-0.3, -0.25) is 4.90 Å². The van der Waals surface area contributed by atoms with Gasteiger partial charge < -0.3 is 5.32 Å². The van der Waals surface area contributed by atoms with Crippen molar-refractivity contribution in [1.82, 2.24) is 10.2 Å². The summed E-state index contributed by atoms with van der Waals surface area (Å²) < 4.78 is 0. The molecule has 1 aliphatic carbocycles. The Bertz CT molecular complexity index is 469. The molecule has 2 fully saturated rings. The number of nitriles is 1. The van der Waals surface area contributed by atoms with Crippen molar-refractivity contribution in [1.29, 1.82) is 5.26 Å². The van der Waals surface area contributed by atoms with Gasteiger partial charge in [-0.1, -0.05) is 30.3 Å². The monoisotopic (exact) mass is 283 g/mol. The van der Waals surface area contributed by atoms with E-state index in [1.54, 1.807) is 0 Å². The summed E-state index contributed by atoms with van der Waals surface area (Å²) in [6, 6.07) is 14.0. The van der Waals surface area contributed by atoms with E-state index in [-0.39, 0.29) is 6.04 Å². The van der Waals surface area contributed by atoms with E-state index < -0.39 is 0 Å². The minimum atomic E-state index is 0.269. The van der Waals surface area contributed by atoms with E-state index in [1.165, 1.54) is 37.8 Å². The molecule has 3 rings (SSSR count). The van der Waals surface area contributed by atoms with Crippen molar-refractivity contribution >= 4 is 0 Å². The van der Waals surface area contributed by atoms with Crippen LogP contribution in [0.5, 0.6) is 0 Å². The summed E-state index contributed by atoms with van der Waals surface area (Å²) in [5, 5.41) is 12.8. The summed E-state index contributed by atoms with van der Waals surface area (Å²) in [4.78, 5) is 2.62. The summed E-state index contributed by atoms with van der Waals surface area (Å²) in [6.45, 7) is 3.44. The minimum absolute atomic E-state index is 0.269. The number of nitrogens with zero attached hydrogens (tertiary/aromatic N) is 2.